The number of halogens is 2. The van der Waals surface area contributed by atoms with E-state index in [1.807, 2.05) is 18.2 Å². The van der Waals surface area contributed by atoms with Crippen molar-refractivity contribution in [2.24, 2.45) is 0 Å². The topological polar surface area (TPSA) is 9.23 Å². The minimum absolute atomic E-state index is 0.161. The summed E-state index contributed by atoms with van der Waals surface area (Å²) in [6, 6.07) is 14.3. The van der Waals surface area contributed by atoms with Gasteiger partial charge in [0.1, 0.15) is 5.75 Å². The molecule has 0 aromatic heterocycles. The van der Waals surface area contributed by atoms with Gasteiger partial charge in [0.2, 0.25) is 0 Å². The lowest BCUT2D eigenvalue weighted by Crippen LogP contribution is -1.96. The summed E-state index contributed by atoms with van der Waals surface area (Å²) < 4.78 is 6.16. The van der Waals surface area contributed by atoms with Crippen molar-refractivity contribution in [3.63, 3.8) is 0 Å². The molecule has 0 bridgehead atoms. The highest BCUT2D eigenvalue weighted by Gasteiger charge is 2.14. The van der Waals surface area contributed by atoms with Crippen LogP contribution in [-0.4, -0.2) is 7.11 Å². The van der Waals surface area contributed by atoms with E-state index in [0.29, 0.717) is 0 Å². The van der Waals surface area contributed by atoms with Gasteiger partial charge in [0.05, 0.1) is 12.5 Å². The van der Waals surface area contributed by atoms with Gasteiger partial charge in [0.15, 0.2) is 0 Å². The molecule has 3 heteroatoms. The van der Waals surface area contributed by atoms with Gasteiger partial charge in [-0.2, -0.15) is 0 Å². The largest absolute Gasteiger partial charge is 0.497 e. The molecule has 1 atom stereocenters. The average Bonchev–Trinajstić information content (AvgIpc) is 2.46. The van der Waals surface area contributed by atoms with Crippen molar-refractivity contribution in [3.8, 4) is 5.75 Å². The molecule has 0 fully saturated rings. The van der Waals surface area contributed by atoms with Gasteiger partial charge in [-0.1, -0.05) is 53.2 Å². The second-order valence-electron chi connectivity index (χ2n) is 4.35. The third kappa shape index (κ3) is 3.31. The van der Waals surface area contributed by atoms with E-state index in [2.05, 4.69) is 47.1 Å². The Morgan fingerprint density at radius 3 is 2.37 bits per heavy atom. The van der Waals surface area contributed by atoms with Crippen molar-refractivity contribution in [1.29, 1.82) is 0 Å². The molecule has 2 aromatic rings. The third-order valence-corrected chi connectivity index (χ3v) is 4.34. The molecule has 1 nitrogen and oxygen atoms in total. The molecule has 100 valence electrons. The Morgan fingerprint density at radius 2 is 1.84 bits per heavy atom. The second kappa shape index (κ2) is 6.44. The summed E-state index contributed by atoms with van der Waals surface area (Å²) in [6.45, 7) is 2.15. The van der Waals surface area contributed by atoms with Crippen LogP contribution >= 0.6 is 27.5 Å². The van der Waals surface area contributed by atoms with Crippen LogP contribution in [0.25, 0.3) is 0 Å². The van der Waals surface area contributed by atoms with Gasteiger partial charge in [0.25, 0.3) is 0 Å². The molecule has 0 aliphatic rings. The Morgan fingerprint density at radius 1 is 1.16 bits per heavy atom. The maximum Gasteiger partial charge on any atom is 0.120 e. The zero-order valence-corrected chi connectivity index (χ0v) is 13.3. The molecular weight excluding hydrogens is 324 g/mol. The SMILES string of the molecule is CCc1ccc(C(Cl)c2ccc(OC)cc2Br)cc1. The van der Waals surface area contributed by atoms with Crippen molar-refractivity contribution in [3.05, 3.63) is 63.6 Å². The molecule has 0 amide bonds. The molecule has 0 saturated heterocycles. The molecule has 0 heterocycles. The van der Waals surface area contributed by atoms with Crippen molar-refractivity contribution in [1.82, 2.24) is 0 Å². The number of hydrogen-bond donors (Lipinski definition) is 0. The smallest absolute Gasteiger partial charge is 0.120 e. The quantitative estimate of drug-likeness (QED) is 0.682. The van der Waals surface area contributed by atoms with Crippen molar-refractivity contribution < 1.29 is 4.74 Å². The van der Waals surface area contributed by atoms with Crippen LogP contribution in [0.3, 0.4) is 0 Å². The fourth-order valence-corrected chi connectivity index (χ4v) is 3.00. The van der Waals surface area contributed by atoms with Gasteiger partial charge in [-0.3, -0.25) is 0 Å². The van der Waals surface area contributed by atoms with Gasteiger partial charge >= 0.3 is 0 Å². The summed E-state index contributed by atoms with van der Waals surface area (Å²) in [5.74, 6) is 0.820. The molecule has 19 heavy (non-hydrogen) atoms. The Hall–Kier alpha value is -0.990. The first kappa shape index (κ1) is 14.4. The zero-order valence-electron chi connectivity index (χ0n) is 11.0. The number of rotatable bonds is 4. The monoisotopic (exact) mass is 338 g/mol. The summed E-state index contributed by atoms with van der Waals surface area (Å²) in [5, 5.41) is -0.161. The van der Waals surface area contributed by atoms with Gasteiger partial charge < -0.3 is 4.74 Å². The van der Waals surface area contributed by atoms with E-state index >= 15 is 0 Å². The van der Waals surface area contributed by atoms with E-state index in [0.717, 1.165) is 27.8 Å². The maximum absolute atomic E-state index is 6.56. The predicted octanol–water partition coefficient (Wildman–Crippen LogP) is 5.35. The van der Waals surface area contributed by atoms with Gasteiger partial charge in [-0.25, -0.2) is 0 Å². The highest BCUT2D eigenvalue weighted by molar-refractivity contribution is 9.10. The molecule has 0 aliphatic carbocycles. The first-order valence-corrected chi connectivity index (χ1v) is 7.45. The number of alkyl halides is 1. The Bertz CT molecular complexity index is 551. The van der Waals surface area contributed by atoms with E-state index in [-0.39, 0.29) is 5.38 Å². The second-order valence-corrected chi connectivity index (χ2v) is 5.64. The number of benzene rings is 2. The molecule has 0 radical (unpaired) electrons. The minimum atomic E-state index is -0.161. The third-order valence-electron chi connectivity index (χ3n) is 3.16. The number of methoxy groups -OCH3 is 1. The summed E-state index contributed by atoms with van der Waals surface area (Å²) in [7, 11) is 1.66. The van der Waals surface area contributed by atoms with Crippen LogP contribution in [0.2, 0.25) is 0 Å². The standard InChI is InChI=1S/C16H16BrClO/c1-3-11-4-6-12(7-5-11)16(18)14-9-8-13(19-2)10-15(14)17/h4-10,16H,3H2,1-2H3. The maximum atomic E-state index is 6.56. The molecule has 0 saturated carbocycles. The van der Waals surface area contributed by atoms with E-state index in [4.69, 9.17) is 16.3 Å². The fraction of sp³-hybridized carbons (Fsp3) is 0.250. The van der Waals surface area contributed by atoms with Crippen molar-refractivity contribution in [2.75, 3.05) is 7.11 Å². The van der Waals surface area contributed by atoms with Crippen LogP contribution in [0.15, 0.2) is 46.9 Å². The Balaban J connectivity index is 2.29. The number of hydrogen-bond acceptors (Lipinski definition) is 1. The van der Waals surface area contributed by atoms with Crippen LogP contribution < -0.4 is 4.74 Å². The summed E-state index contributed by atoms with van der Waals surface area (Å²) in [5.41, 5.74) is 3.47. The normalized spacial score (nSPS) is 12.2. The Labute approximate surface area is 127 Å². The molecule has 0 N–H and O–H groups in total. The van der Waals surface area contributed by atoms with Crippen LogP contribution in [-0.2, 0) is 6.42 Å². The van der Waals surface area contributed by atoms with Crippen LogP contribution in [0.5, 0.6) is 5.75 Å². The molecular formula is C16H16BrClO. The minimum Gasteiger partial charge on any atom is -0.497 e. The molecule has 1 unspecified atom stereocenters. The number of aryl methyl sites for hydroxylation is 1. The first-order valence-electron chi connectivity index (χ1n) is 6.22. The summed E-state index contributed by atoms with van der Waals surface area (Å²) in [4.78, 5) is 0. The van der Waals surface area contributed by atoms with Crippen LogP contribution in [0, 0.1) is 0 Å². The van der Waals surface area contributed by atoms with E-state index in [1.165, 1.54) is 5.56 Å². The summed E-state index contributed by atoms with van der Waals surface area (Å²) in [6.07, 6.45) is 1.04. The lowest BCUT2D eigenvalue weighted by Gasteiger charge is -2.14. The highest BCUT2D eigenvalue weighted by atomic mass is 79.9. The summed E-state index contributed by atoms with van der Waals surface area (Å²) >= 11 is 10.1. The fourth-order valence-electron chi connectivity index (χ4n) is 1.94. The van der Waals surface area contributed by atoms with Gasteiger partial charge in [-0.05, 0) is 35.2 Å². The van der Waals surface area contributed by atoms with Gasteiger partial charge in [-0.15, -0.1) is 11.6 Å². The Kier molecular flexibility index (Phi) is 4.89. The van der Waals surface area contributed by atoms with E-state index in [9.17, 15) is 0 Å². The number of ether oxygens (including phenoxy) is 1. The van der Waals surface area contributed by atoms with Crippen molar-refractivity contribution >= 4 is 27.5 Å². The van der Waals surface area contributed by atoms with E-state index in [1.54, 1.807) is 7.11 Å². The zero-order chi connectivity index (χ0) is 13.8. The van der Waals surface area contributed by atoms with Crippen LogP contribution in [0.1, 0.15) is 29.0 Å². The first-order chi connectivity index (χ1) is 9.15. The lowest BCUT2D eigenvalue weighted by molar-refractivity contribution is 0.414. The van der Waals surface area contributed by atoms with E-state index < -0.39 is 0 Å². The van der Waals surface area contributed by atoms with Gasteiger partial charge in [0, 0.05) is 4.47 Å². The highest BCUT2D eigenvalue weighted by Crippen LogP contribution is 2.35. The molecule has 2 aromatic carbocycles. The average molecular weight is 340 g/mol. The predicted molar refractivity (Wildman–Crippen MR) is 84.2 cm³/mol. The molecule has 0 spiro atoms. The van der Waals surface area contributed by atoms with Crippen molar-refractivity contribution in [2.45, 2.75) is 18.7 Å². The molecule has 2 rings (SSSR count). The van der Waals surface area contributed by atoms with Crippen LogP contribution in [0.4, 0.5) is 0 Å². The lowest BCUT2D eigenvalue weighted by atomic mass is 10.0. The molecule has 0 aliphatic heterocycles.